The van der Waals surface area contributed by atoms with Crippen LogP contribution in [0.1, 0.15) is 17.9 Å². The van der Waals surface area contributed by atoms with Gasteiger partial charge in [-0.1, -0.05) is 30.3 Å². The third-order valence-corrected chi connectivity index (χ3v) is 2.36. The second kappa shape index (κ2) is 3.21. The van der Waals surface area contributed by atoms with Gasteiger partial charge in [-0.25, -0.2) is 0 Å². The summed E-state index contributed by atoms with van der Waals surface area (Å²) in [5.41, 5.74) is 1.31. The van der Waals surface area contributed by atoms with E-state index in [1.807, 2.05) is 18.2 Å². The first kappa shape index (κ1) is 8.30. The highest BCUT2D eigenvalue weighted by atomic mass is 16.1. The lowest BCUT2D eigenvalue weighted by Gasteiger charge is -2.00. The highest BCUT2D eigenvalue weighted by Gasteiger charge is 2.38. The predicted molar refractivity (Wildman–Crippen MR) is 51.1 cm³/mol. The molecule has 1 aliphatic carbocycles. The van der Waals surface area contributed by atoms with Crippen molar-refractivity contribution in [2.45, 2.75) is 18.4 Å². The number of amides is 1. The summed E-state index contributed by atoms with van der Waals surface area (Å²) < 4.78 is 0. The monoisotopic (exact) mass is 174 g/mol. The number of hydrogen-bond acceptors (Lipinski definition) is 1. The van der Waals surface area contributed by atoms with E-state index >= 15 is 0 Å². The van der Waals surface area contributed by atoms with Crippen LogP contribution in [0, 0.1) is 6.92 Å². The number of carbonyl (C=O) groups is 1. The van der Waals surface area contributed by atoms with Crippen LogP contribution in [-0.2, 0) is 4.79 Å². The molecule has 2 unspecified atom stereocenters. The van der Waals surface area contributed by atoms with E-state index in [1.165, 1.54) is 5.56 Å². The Hall–Kier alpha value is -1.31. The molecule has 1 aromatic rings. The summed E-state index contributed by atoms with van der Waals surface area (Å²) in [7, 11) is 0. The Kier molecular flexibility index (Phi) is 2.05. The number of benzene rings is 1. The van der Waals surface area contributed by atoms with Crippen LogP contribution in [0.4, 0.5) is 0 Å². The van der Waals surface area contributed by atoms with Crippen LogP contribution in [-0.4, -0.2) is 11.9 Å². The molecule has 1 aliphatic rings. The van der Waals surface area contributed by atoms with Gasteiger partial charge in [-0.05, 0) is 12.0 Å². The van der Waals surface area contributed by atoms with Gasteiger partial charge < -0.3 is 5.32 Å². The van der Waals surface area contributed by atoms with Gasteiger partial charge in [0, 0.05) is 18.9 Å². The van der Waals surface area contributed by atoms with Gasteiger partial charge in [0.05, 0.1) is 0 Å². The van der Waals surface area contributed by atoms with Gasteiger partial charge in [-0.2, -0.15) is 0 Å². The minimum atomic E-state index is -0.177. The molecule has 0 aliphatic heterocycles. The van der Waals surface area contributed by atoms with Gasteiger partial charge in [0.2, 0.25) is 5.91 Å². The molecule has 1 fully saturated rings. The fraction of sp³-hybridized carbons (Fsp3) is 0.273. The molecular weight excluding hydrogens is 162 g/mol. The Morgan fingerprint density at radius 2 is 2.08 bits per heavy atom. The van der Waals surface area contributed by atoms with Crippen LogP contribution in [0.5, 0.6) is 0 Å². The summed E-state index contributed by atoms with van der Waals surface area (Å²) in [6.07, 6.45) is 1.05. The van der Waals surface area contributed by atoms with Crippen LogP contribution in [0.15, 0.2) is 30.3 Å². The Morgan fingerprint density at radius 1 is 1.38 bits per heavy atom. The van der Waals surface area contributed by atoms with Crippen molar-refractivity contribution in [2.24, 2.45) is 0 Å². The fourth-order valence-corrected chi connectivity index (χ4v) is 1.63. The summed E-state index contributed by atoms with van der Waals surface area (Å²) in [6, 6.07) is 10.6. The lowest BCUT2D eigenvalue weighted by Crippen LogP contribution is -2.23. The Labute approximate surface area is 78.0 Å². The fourth-order valence-electron chi connectivity index (χ4n) is 1.63. The molecule has 2 rings (SSSR count). The molecule has 2 atom stereocenters. The number of hydrogen-bond donors (Lipinski definition) is 1. The Morgan fingerprint density at radius 3 is 2.69 bits per heavy atom. The van der Waals surface area contributed by atoms with Crippen LogP contribution in [0.25, 0.3) is 0 Å². The van der Waals surface area contributed by atoms with E-state index in [4.69, 9.17) is 0 Å². The highest BCUT2D eigenvalue weighted by Crippen LogP contribution is 2.40. The van der Waals surface area contributed by atoms with Crippen molar-refractivity contribution < 1.29 is 4.79 Å². The molecule has 2 heteroatoms. The first-order valence-electron chi connectivity index (χ1n) is 4.45. The Balaban J connectivity index is 1.97. The summed E-state index contributed by atoms with van der Waals surface area (Å²) >= 11 is 0. The van der Waals surface area contributed by atoms with E-state index in [1.54, 1.807) is 0 Å². The predicted octanol–water partition coefficient (Wildman–Crippen LogP) is 1.49. The van der Waals surface area contributed by atoms with Gasteiger partial charge in [0.25, 0.3) is 0 Å². The van der Waals surface area contributed by atoms with Crippen LogP contribution in [0.3, 0.4) is 0 Å². The van der Waals surface area contributed by atoms with E-state index in [0.29, 0.717) is 12.0 Å². The van der Waals surface area contributed by atoms with Gasteiger partial charge in [0.15, 0.2) is 0 Å². The lowest BCUT2D eigenvalue weighted by molar-refractivity contribution is -0.116. The van der Waals surface area contributed by atoms with Gasteiger partial charge >= 0.3 is 0 Å². The molecule has 0 saturated heterocycles. The molecule has 1 saturated carbocycles. The normalized spacial score (nSPS) is 25.3. The molecule has 0 spiro atoms. The van der Waals surface area contributed by atoms with Crippen LogP contribution < -0.4 is 5.32 Å². The summed E-state index contributed by atoms with van der Waals surface area (Å²) in [5, 5.41) is 2.82. The van der Waals surface area contributed by atoms with Crippen molar-refractivity contribution in [3.05, 3.63) is 42.8 Å². The van der Waals surface area contributed by atoms with Crippen molar-refractivity contribution >= 4 is 5.91 Å². The third kappa shape index (κ3) is 1.89. The van der Waals surface area contributed by atoms with Crippen molar-refractivity contribution in [3.63, 3.8) is 0 Å². The molecule has 13 heavy (non-hydrogen) atoms. The van der Waals surface area contributed by atoms with Crippen molar-refractivity contribution in [1.29, 1.82) is 0 Å². The van der Waals surface area contributed by atoms with Crippen LogP contribution >= 0.6 is 0 Å². The van der Waals surface area contributed by atoms with Crippen molar-refractivity contribution in [3.8, 4) is 0 Å². The largest absolute Gasteiger partial charge is 0.353 e. The number of carbonyl (C=O) groups excluding carboxylic acids is 1. The molecule has 0 bridgehead atoms. The molecule has 2 nitrogen and oxygen atoms in total. The molecule has 67 valence electrons. The second-order valence-corrected chi connectivity index (χ2v) is 3.43. The summed E-state index contributed by atoms with van der Waals surface area (Å²) in [4.78, 5) is 10.6. The maximum Gasteiger partial charge on any atom is 0.220 e. The zero-order valence-corrected chi connectivity index (χ0v) is 7.36. The quantitative estimate of drug-likeness (QED) is 0.723. The first-order chi connectivity index (χ1) is 6.27. The molecule has 1 aromatic carbocycles. The topological polar surface area (TPSA) is 29.1 Å². The van der Waals surface area contributed by atoms with Crippen molar-refractivity contribution in [1.82, 2.24) is 5.32 Å². The second-order valence-electron chi connectivity index (χ2n) is 3.43. The third-order valence-electron chi connectivity index (χ3n) is 2.36. The number of rotatable bonds is 2. The van der Waals surface area contributed by atoms with Crippen molar-refractivity contribution in [2.75, 3.05) is 0 Å². The zero-order chi connectivity index (χ0) is 9.26. The summed E-state index contributed by atoms with van der Waals surface area (Å²) in [6.45, 7) is 3.30. The SMILES string of the molecule is [CH2]C(=O)NC1CC1c1ccccc1. The Bertz CT molecular complexity index is 307. The number of nitrogens with one attached hydrogen (secondary N) is 1. The lowest BCUT2D eigenvalue weighted by atomic mass is 10.1. The standard InChI is InChI=1S/C11H12NO/c1-8(13)12-11-7-10(11)9-5-3-2-4-6-9/h2-6,10-11H,1,7H2,(H,12,13). The van der Waals surface area contributed by atoms with E-state index in [0.717, 1.165) is 6.42 Å². The van der Waals surface area contributed by atoms with E-state index < -0.39 is 0 Å². The van der Waals surface area contributed by atoms with E-state index in [9.17, 15) is 4.79 Å². The van der Waals surface area contributed by atoms with Crippen LogP contribution in [0.2, 0.25) is 0 Å². The first-order valence-corrected chi connectivity index (χ1v) is 4.45. The zero-order valence-electron chi connectivity index (χ0n) is 7.36. The molecule has 0 aromatic heterocycles. The maximum atomic E-state index is 10.6. The van der Waals surface area contributed by atoms with E-state index in [2.05, 4.69) is 24.4 Å². The maximum absolute atomic E-state index is 10.6. The van der Waals surface area contributed by atoms with Gasteiger partial charge in [0.1, 0.15) is 0 Å². The molecule has 0 heterocycles. The summed E-state index contributed by atoms with van der Waals surface area (Å²) in [5.74, 6) is 0.329. The minimum Gasteiger partial charge on any atom is -0.353 e. The van der Waals surface area contributed by atoms with E-state index in [-0.39, 0.29) is 5.91 Å². The average molecular weight is 174 g/mol. The average Bonchev–Trinajstić information content (AvgIpc) is 2.84. The van der Waals surface area contributed by atoms with Gasteiger partial charge in [-0.3, -0.25) is 4.79 Å². The molecule has 1 radical (unpaired) electrons. The smallest absolute Gasteiger partial charge is 0.220 e. The molecule has 1 amide bonds. The minimum absolute atomic E-state index is 0.177. The highest BCUT2D eigenvalue weighted by molar-refractivity contribution is 5.80. The molecule has 1 N–H and O–H groups in total. The van der Waals surface area contributed by atoms with Gasteiger partial charge in [-0.15, -0.1) is 0 Å². The molecular formula is C11H12NO.